The van der Waals surface area contributed by atoms with Crippen molar-refractivity contribution in [3.63, 3.8) is 0 Å². The third-order valence-electron chi connectivity index (χ3n) is 2.23. The van der Waals surface area contributed by atoms with Crippen LogP contribution in [0.15, 0.2) is 24.3 Å². The van der Waals surface area contributed by atoms with Gasteiger partial charge >= 0.3 is 0 Å². The van der Waals surface area contributed by atoms with Crippen LogP contribution in [0.3, 0.4) is 0 Å². The summed E-state index contributed by atoms with van der Waals surface area (Å²) in [4.78, 5) is 16.0. The fraction of sp³-hybridized carbons (Fsp3) is 0.462. The first-order valence-electron chi connectivity index (χ1n) is 5.77. The van der Waals surface area contributed by atoms with Crippen LogP contribution in [0.5, 0.6) is 5.75 Å². The highest BCUT2D eigenvalue weighted by atomic mass is 16.7. The van der Waals surface area contributed by atoms with Gasteiger partial charge in [-0.2, -0.15) is 0 Å². The maximum absolute atomic E-state index is 11.2. The summed E-state index contributed by atoms with van der Waals surface area (Å²) in [6.07, 6.45) is 0. The SMILES string of the molecule is CCONC(=O)COc1cccc(C(C)C)c1. The zero-order chi connectivity index (χ0) is 12.7. The van der Waals surface area contributed by atoms with Gasteiger partial charge in [0.1, 0.15) is 5.75 Å². The van der Waals surface area contributed by atoms with Crippen molar-refractivity contribution in [2.45, 2.75) is 26.7 Å². The molecule has 4 heteroatoms. The molecule has 1 aromatic carbocycles. The van der Waals surface area contributed by atoms with Gasteiger partial charge < -0.3 is 4.74 Å². The molecule has 0 aliphatic heterocycles. The molecule has 1 N–H and O–H groups in total. The van der Waals surface area contributed by atoms with Crippen molar-refractivity contribution in [2.24, 2.45) is 0 Å². The molecule has 0 bridgehead atoms. The minimum absolute atomic E-state index is 0.0401. The molecular formula is C13H19NO3. The van der Waals surface area contributed by atoms with Gasteiger partial charge in [-0.1, -0.05) is 26.0 Å². The fourth-order valence-electron chi connectivity index (χ4n) is 1.29. The predicted octanol–water partition coefficient (Wildman–Crippen LogP) is 2.26. The number of ether oxygens (including phenoxy) is 1. The van der Waals surface area contributed by atoms with Crippen molar-refractivity contribution in [1.82, 2.24) is 5.48 Å². The predicted molar refractivity (Wildman–Crippen MR) is 65.8 cm³/mol. The van der Waals surface area contributed by atoms with E-state index in [2.05, 4.69) is 19.3 Å². The molecule has 1 amide bonds. The molecule has 4 nitrogen and oxygen atoms in total. The molecule has 0 atom stereocenters. The molecule has 0 aliphatic rings. The second kappa shape index (κ2) is 6.91. The lowest BCUT2D eigenvalue weighted by Crippen LogP contribution is -2.28. The summed E-state index contributed by atoms with van der Waals surface area (Å²) in [5, 5.41) is 0. The Bertz CT molecular complexity index is 363. The van der Waals surface area contributed by atoms with Crippen molar-refractivity contribution >= 4 is 5.91 Å². The van der Waals surface area contributed by atoms with Crippen LogP contribution in [0.4, 0.5) is 0 Å². The van der Waals surface area contributed by atoms with Gasteiger partial charge in [0.15, 0.2) is 6.61 Å². The number of amides is 1. The number of benzene rings is 1. The van der Waals surface area contributed by atoms with Crippen LogP contribution in [-0.2, 0) is 9.63 Å². The zero-order valence-corrected chi connectivity index (χ0v) is 10.5. The van der Waals surface area contributed by atoms with Crippen LogP contribution in [0.1, 0.15) is 32.3 Å². The second-order valence-electron chi connectivity index (χ2n) is 3.97. The summed E-state index contributed by atoms with van der Waals surface area (Å²) in [7, 11) is 0. The third-order valence-corrected chi connectivity index (χ3v) is 2.23. The molecular weight excluding hydrogens is 218 g/mol. The molecule has 94 valence electrons. The van der Waals surface area contributed by atoms with Crippen LogP contribution in [0, 0.1) is 0 Å². The highest BCUT2D eigenvalue weighted by molar-refractivity contribution is 5.76. The molecule has 1 rings (SSSR count). The van der Waals surface area contributed by atoms with Gasteiger partial charge in [-0.3, -0.25) is 9.63 Å². The largest absolute Gasteiger partial charge is 0.484 e. The van der Waals surface area contributed by atoms with E-state index in [1.165, 1.54) is 5.56 Å². The van der Waals surface area contributed by atoms with E-state index in [9.17, 15) is 4.79 Å². The Kier molecular flexibility index (Phi) is 5.49. The third kappa shape index (κ3) is 4.87. The molecule has 1 aromatic rings. The Morgan fingerprint density at radius 3 is 2.82 bits per heavy atom. The van der Waals surface area contributed by atoms with E-state index in [0.717, 1.165) is 0 Å². The van der Waals surface area contributed by atoms with Crippen LogP contribution >= 0.6 is 0 Å². The molecule has 0 heterocycles. The maximum atomic E-state index is 11.2. The molecule has 0 radical (unpaired) electrons. The average molecular weight is 237 g/mol. The Morgan fingerprint density at radius 2 is 2.18 bits per heavy atom. The molecule has 0 aromatic heterocycles. The first-order chi connectivity index (χ1) is 8.13. The molecule has 0 fully saturated rings. The Morgan fingerprint density at radius 1 is 1.41 bits per heavy atom. The standard InChI is InChI=1S/C13H19NO3/c1-4-17-14-13(15)9-16-12-7-5-6-11(8-12)10(2)3/h5-8,10H,4,9H2,1-3H3,(H,14,15). The highest BCUT2D eigenvalue weighted by Gasteiger charge is 2.04. The lowest BCUT2D eigenvalue weighted by Gasteiger charge is -2.09. The lowest BCUT2D eigenvalue weighted by atomic mass is 10.0. The maximum Gasteiger partial charge on any atom is 0.281 e. The molecule has 0 aliphatic carbocycles. The summed E-state index contributed by atoms with van der Waals surface area (Å²) in [6.45, 7) is 6.42. The molecule has 0 unspecified atom stereocenters. The van der Waals surface area contributed by atoms with Crippen LogP contribution in [-0.4, -0.2) is 19.1 Å². The van der Waals surface area contributed by atoms with Gasteiger partial charge in [-0.15, -0.1) is 0 Å². The van der Waals surface area contributed by atoms with E-state index in [1.807, 2.05) is 24.3 Å². The summed E-state index contributed by atoms with van der Waals surface area (Å²) < 4.78 is 5.36. The molecule has 0 saturated carbocycles. The van der Waals surface area contributed by atoms with Crippen molar-refractivity contribution < 1.29 is 14.4 Å². The lowest BCUT2D eigenvalue weighted by molar-refractivity contribution is -0.135. The minimum Gasteiger partial charge on any atom is -0.484 e. The molecule has 0 saturated heterocycles. The summed E-state index contributed by atoms with van der Waals surface area (Å²) in [5.74, 6) is 0.848. The van der Waals surface area contributed by atoms with Gasteiger partial charge in [-0.05, 0) is 30.5 Å². The van der Waals surface area contributed by atoms with Gasteiger partial charge in [0.2, 0.25) is 0 Å². The number of hydrogen-bond donors (Lipinski definition) is 1. The van der Waals surface area contributed by atoms with Crippen molar-refractivity contribution in [3.8, 4) is 5.75 Å². The van der Waals surface area contributed by atoms with E-state index >= 15 is 0 Å². The van der Waals surface area contributed by atoms with E-state index in [4.69, 9.17) is 9.57 Å². The molecule has 0 spiro atoms. The molecule has 17 heavy (non-hydrogen) atoms. The number of hydroxylamine groups is 1. The van der Waals surface area contributed by atoms with Crippen LogP contribution in [0.25, 0.3) is 0 Å². The topological polar surface area (TPSA) is 47.6 Å². The Balaban J connectivity index is 2.46. The summed E-state index contributed by atoms with van der Waals surface area (Å²) in [6, 6.07) is 7.74. The van der Waals surface area contributed by atoms with E-state index in [1.54, 1.807) is 6.92 Å². The summed E-state index contributed by atoms with van der Waals surface area (Å²) >= 11 is 0. The quantitative estimate of drug-likeness (QED) is 0.772. The number of nitrogens with one attached hydrogen (secondary N) is 1. The zero-order valence-electron chi connectivity index (χ0n) is 10.5. The van der Waals surface area contributed by atoms with Crippen molar-refractivity contribution in [3.05, 3.63) is 29.8 Å². The highest BCUT2D eigenvalue weighted by Crippen LogP contribution is 2.19. The Labute approximate surface area is 102 Å². The van der Waals surface area contributed by atoms with Crippen LogP contribution < -0.4 is 10.2 Å². The van der Waals surface area contributed by atoms with E-state index < -0.39 is 0 Å². The van der Waals surface area contributed by atoms with Gasteiger partial charge in [0, 0.05) is 0 Å². The number of carbonyl (C=O) groups is 1. The fourth-order valence-corrected chi connectivity index (χ4v) is 1.29. The van der Waals surface area contributed by atoms with Gasteiger partial charge in [0.25, 0.3) is 5.91 Å². The van der Waals surface area contributed by atoms with E-state index in [-0.39, 0.29) is 12.5 Å². The van der Waals surface area contributed by atoms with Gasteiger partial charge in [-0.25, -0.2) is 5.48 Å². The first-order valence-corrected chi connectivity index (χ1v) is 5.77. The van der Waals surface area contributed by atoms with E-state index in [0.29, 0.717) is 18.3 Å². The average Bonchev–Trinajstić information content (AvgIpc) is 2.34. The normalized spacial score (nSPS) is 10.4. The number of carbonyl (C=O) groups excluding carboxylic acids is 1. The van der Waals surface area contributed by atoms with Crippen molar-refractivity contribution in [1.29, 1.82) is 0 Å². The van der Waals surface area contributed by atoms with Crippen LogP contribution in [0.2, 0.25) is 0 Å². The first kappa shape index (κ1) is 13.5. The second-order valence-corrected chi connectivity index (χ2v) is 3.97. The minimum atomic E-state index is -0.290. The number of hydrogen-bond acceptors (Lipinski definition) is 3. The smallest absolute Gasteiger partial charge is 0.281 e. The number of rotatable bonds is 6. The Hall–Kier alpha value is -1.55. The summed E-state index contributed by atoms with van der Waals surface area (Å²) in [5.41, 5.74) is 3.46. The van der Waals surface area contributed by atoms with Gasteiger partial charge in [0.05, 0.1) is 6.61 Å². The monoisotopic (exact) mass is 237 g/mol. The van der Waals surface area contributed by atoms with Crippen molar-refractivity contribution in [2.75, 3.05) is 13.2 Å².